The Bertz CT molecular complexity index is 306. The molecule has 0 heterocycles. The minimum atomic E-state index is 0.581. The Labute approximate surface area is 102 Å². The lowest BCUT2D eigenvalue weighted by Gasteiger charge is -2.05. The highest BCUT2D eigenvalue weighted by molar-refractivity contribution is 6.17. The Morgan fingerprint density at radius 2 is 1.94 bits per heavy atom. The molecule has 2 nitrogen and oxygen atoms in total. The summed E-state index contributed by atoms with van der Waals surface area (Å²) in [5.74, 6) is 1.53. The van der Waals surface area contributed by atoms with Crippen LogP contribution in [0.25, 0.3) is 6.08 Å². The number of alkyl halides is 1. The zero-order valence-electron chi connectivity index (χ0n) is 9.49. The molecule has 0 atom stereocenters. The van der Waals surface area contributed by atoms with Crippen LogP contribution in [-0.4, -0.2) is 26.2 Å². The summed E-state index contributed by atoms with van der Waals surface area (Å²) in [5.41, 5.74) is 1.16. The van der Waals surface area contributed by atoms with E-state index in [9.17, 15) is 0 Å². The lowest BCUT2D eigenvalue weighted by Crippen LogP contribution is -2.03. The topological polar surface area (TPSA) is 18.5 Å². The van der Waals surface area contributed by atoms with Gasteiger partial charge >= 0.3 is 0 Å². The summed E-state index contributed by atoms with van der Waals surface area (Å²) in [6, 6.07) is 7.95. The van der Waals surface area contributed by atoms with Crippen molar-refractivity contribution in [3.63, 3.8) is 0 Å². The first kappa shape index (κ1) is 13.1. The highest BCUT2D eigenvalue weighted by atomic mass is 35.5. The summed E-state index contributed by atoms with van der Waals surface area (Å²) in [4.78, 5) is 0. The minimum absolute atomic E-state index is 0.581. The molecule has 1 aromatic rings. The van der Waals surface area contributed by atoms with Gasteiger partial charge in [-0.2, -0.15) is 0 Å². The third kappa shape index (κ3) is 5.19. The van der Waals surface area contributed by atoms with Gasteiger partial charge < -0.3 is 9.47 Å². The summed E-state index contributed by atoms with van der Waals surface area (Å²) in [6.07, 6.45) is 5.02. The van der Waals surface area contributed by atoms with Gasteiger partial charge in [-0.1, -0.05) is 24.3 Å². The Morgan fingerprint density at radius 3 is 2.56 bits per heavy atom. The first-order valence-corrected chi connectivity index (χ1v) is 5.84. The van der Waals surface area contributed by atoms with Crippen LogP contribution in [0.15, 0.2) is 30.3 Å². The van der Waals surface area contributed by atoms with Crippen LogP contribution in [-0.2, 0) is 4.74 Å². The van der Waals surface area contributed by atoms with E-state index in [0.717, 1.165) is 17.7 Å². The van der Waals surface area contributed by atoms with E-state index in [0.29, 0.717) is 19.1 Å². The number of allylic oxidation sites excluding steroid dienone is 1. The minimum Gasteiger partial charge on any atom is -0.491 e. The molecule has 0 N–H and O–H groups in total. The molecule has 88 valence electrons. The van der Waals surface area contributed by atoms with Gasteiger partial charge in [0.15, 0.2) is 0 Å². The molecule has 0 aromatic heterocycles. The van der Waals surface area contributed by atoms with E-state index in [2.05, 4.69) is 12.2 Å². The first-order valence-electron chi connectivity index (χ1n) is 5.31. The predicted octanol–water partition coefficient (Wildman–Crippen LogP) is 3.35. The highest BCUT2D eigenvalue weighted by Gasteiger charge is 1.92. The molecule has 0 radical (unpaired) electrons. The molecule has 3 heteroatoms. The van der Waals surface area contributed by atoms with E-state index < -0.39 is 0 Å². The smallest absolute Gasteiger partial charge is 0.119 e. The second-order valence-corrected chi connectivity index (χ2v) is 3.67. The second kappa shape index (κ2) is 8.20. The molecular formula is C13H17ClO2. The molecule has 0 aliphatic carbocycles. The molecule has 0 saturated heterocycles. The van der Waals surface area contributed by atoms with Gasteiger partial charge in [0, 0.05) is 13.0 Å². The third-order valence-electron chi connectivity index (χ3n) is 2.02. The summed E-state index contributed by atoms with van der Waals surface area (Å²) < 4.78 is 10.4. The molecule has 1 aromatic carbocycles. The maximum atomic E-state index is 5.58. The van der Waals surface area contributed by atoms with Gasteiger partial charge in [0.05, 0.1) is 6.61 Å². The summed E-state index contributed by atoms with van der Waals surface area (Å²) in [5, 5.41) is 0. The number of hydrogen-bond donors (Lipinski definition) is 0. The highest BCUT2D eigenvalue weighted by Crippen LogP contribution is 2.13. The molecule has 0 unspecified atom stereocenters. The average Bonchev–Trinajstić information content (AvgIpc) is 2.32. The number of ether oxygens (including phenoxy) is 2. The normalized spacial score (nSPS) is 10.9. The van der Waals surface area contributed by atoms with Crippen LogP contribution in [0.1, 0.15) is 12.0 Å². The third-order valence-corrected chi connectivity index (χ3v) is 2.24. The molecule has 0 saturated carbocycles. The molecule has 0 aliphatic rings. The van der Waals surface area contributed by atoms with Gasteiger partial charge in [-0.3, -0.25) is 0 Å². The molecule has 0 fully saturated rings. The van der Waals surface area contributed by atoms with Gasteiger partial charge in [-0.25, -0.2) is 0 Å². The first-order chi connectivity index (χ1) is 7.86. The second-order valence-electron chi connectivity index (χ2n) is 3.29. The van der Waals surface area contributed by atoms with E-state index >= 15 is 0 Å². The van der Waals surface area contributed by atoms with Crippen molar-refractivity contribution in [1.82, 2.24) is 0 Å². The van der Waals surface area contributed by atoms with E-state index in [1.807, 2.05) is 24.3 Å². The Kier molecular flexibility index (Phi) is 6.70. The number of halogens is 1. The van der Waals surface area contributed by atoms with E-state index in [4.69, 9.17) is 21.1 Å². The molecule has 16 heavy (non-hydrogen) atoms. The van der Waals surface area contributed by atoms with E-state index in [1.54, 1.807) is 7.11 Å². The molecule has 1 rings (SSSR count). The van der Waals surface area contributed by atoms with Crippen molar-refractivity contribution in [3.05, 3.63) is 35.9 Å². The molecule has 0 bridgehead atoms. The van der Waals surface area contributed by atoms with Crippen molar-refractivity contribution < 1.29 is 9.47 Å². The van der Waals surface area contributed by atoms with Crippen molar-refractivity contribution in [3.8, 4) is 5.75 Å². The number of hydrogen-bond acceptors (Lipinski definition) is 2. The monoisotopic (exact) mass is 240 g/mol. The van der Waals surface area contributed by atoms with Crippen LogP contribution in [0, 0.1) is 0 Å². The van der Waals surface area contributed by atoms with Crippen molar-refractivity contribution in [2.45, 2.75) is 6.42 Å². The number of rotatable bonds is 7. The largest absolute Gasteiger partial charge is 0.491 e. The standard InChI is InChI=1S/C13H17ClO2/c1-15-10-11-16-13-7-5-12(6-8-13)4-2-3-9-14/h2,4-8H,3,9-11H2,1H3. The molecule has 0 amide bonds. The van der Waals surface area contributed by atoms with Gasteiger partial charge in [0.2, 0.25) is 0 Å². The van der Waals surface area contributed by atoms with Crippen molar-refractivity contribution in [2.75, 3.05) is 26.2 Å². The van der Waals surface area contributed by atoms with Gasteiger partial charge in [-0.05, 0) is 24.1 Å². The van der Waals surface area contributed by atoms with Crippen molar-refractivity contribution in [1.29, 1.82) is 0 Å². The Morgan fingerprint density at radius 1 is 1.19 bits per heavy atom. The fourth-order valence-corrected chi connectivity index (χ4v) is 1.33. The summed E-state index contributed by atoms with van der Waals surface area (Å²) in [6.45, 7) is 1.19. The van der Waals surface area contributed by atoms with Crippen molar-refractivity contribution in [2.24, 2.45) is 0 Å². The fourth-order valence-electron chi connectivity index (χ4n) is 1.20. The summed E-state index contributed by atoms with van der Waals surface area (Å²) in [7, 11) is 1.66. The Hall–Kier alpha value is -0.990. The lowest BCUT2D eigenvalue weighted by atomic mass is 10.2. The predicted molar refractivity (Wildman–Crippen MR) is 68.2 cm³/mol. The lowest BCUT2D eigenvalue weighted by molar-refractivity contribution is 0.146. The Balaban J connectivity index is 2.41. The van der Waals surface area contributed by atoms with E-state index in [1.165, 1.54) is 0 Å². The summed E-state index contributed by atoms with van der Waals surface area (Å²) >= 11 is 5.58. The molecule has 0 spiro atoms. The SMILES string of the molecule is COCCOc1ccc(C=CCCCl)cc1. The molecular weight excluding hydrogens is 224 g/mol. The maximum absolute atomic E-state index is 5.58. The van der Waals surface area contributed by atoms with Crippen molar-refractivity contribution >= 4 is 17.7 Å². The van der Waals surface area contributed by atoms with Crippen LogP contribution >= 0.6 is 11.6 Å². The van der Waals surface area contributed by atoms with Crippen LogP contribution < -0.4 is 4.74 Å². The van der Waals surface area contributed by atoms with Crippen LogP contribution in [0.3, 0.4) is 0 Å². The van der Waals surface area contributed by atoms with Gasteiger partial charge in [-0.15, -0.1) is 11.6 Å². The van der Waals surface area contributed by atoms with Gasteiger partial charge in [0.25, 0.3) is 0 Å². The zero-order valence-corrected chi connectivity index (χ0v) is 10.2. The van der Waals surface area contributed by atoms with Gasteiger partial charge in [0.1, 0.15) is 12.4 Å². The fraction of sp³-hybridized carbons (Fsp3) is 0.385. The average molecular weight is 241 g/mol. The van der Waals surface area contributed by atoms with Crippen LogP contribution in [0.2, 0.25) is 0 Å². The van der Waals surface area contributed by atoms with E-state index in [-0.39, 0.29) is 0 Å². The van der Waals surface area contributed by atoms with Crippen LogP contribution in [0.5, 0.6) is 5.75 Å². The number of methoxy groups -OCH3 is 1. The molecule has 0 aliphatic heterocycles. The number of benzene rings is 1. The quantitative estimate of drug-likeness (QED) is 0.538. The van der Waals surface area contributed by atoms with Crippen LogP contribution in [0.4, 0.5) is 0 Å². The maximum Gasteiger partial charge on any atom is 0.119 e. The zero-order chi connectivity index (χ0) is 11.6.